The van der Waals surface area contributed by atoms with E-state index >= 15 is 0 Å². The molecule has 1 aliphatic rings. The molecule has 4 aromatic rings. The molecule has 1 fully saturated rings. The normalized spacial score (nSPS) is 14.6. The standard InChI is InChI=1S/C23H21ClFN5O3S/c1-33-18-5-7-19(8-6-18)34(31,32)30-15-16-3-2-4-21(22(16)27-30)28-9-11-29(12-10-28)23-20(25)13-17(24)14-26-23/h2-8,13-15H,9-12H2,1H3. The third kappa shape index (κ3) is 4.03. The van der Waals surface area contributed by atoms with Crippen molar-refractivity contribution in [1.29, 1.82) is 0 Å². The van der Waals surface area contributed by atoms with E-state index in [1.54, 1.807) is 12.1 Å². The number of anilines is 2. The molecule has 11 heteroatoms. The lowest BCUT2D eigenvalue weighted by atomic mass is 10.2. The minimum Gasteiger partial charge on any atom is -0.497 e. The van der Waals surface area contributed by atoms with E-state index in [1.807, 2.05) is 23.1 Å². The Labute approximate surface area is 201 Å². The summed E-state index contributed by atoms with van der Waals surface area (Å²) < 4.78 is 46.7. The minimum atomic E-state index is -3.86. The fourth-order valence-electron chi connectivity index (χ4n) is 4.04. The molecule has 1 aliphatic heterocycles. The van der Waals surface area contributed by atoms with Crippen LogP contribution in [-0.2, 0) is 10.0 Å². The van der Waals surface area contributed by atoms with Gasteiger partial charge in [-0.3, -0.25) is 0 Å². The van der Waals surface area contributed by atoms with Gasteiger partial charge < -0.3 is 14.5 Å². The van der Waals surface area contributed by atoms with Crippen LogP contribution in [0.25, 0.3) is 10.9 Å². The van der Waals surface area contributed by atoms with Crippen molar-refractivity contribution in [1.82, 2.24) is 14.2 Å². The van der Waals surface area contributed by atoms with Crippen LogP contribution in [0.2, 0.25) is 5.02 Å². The highest BCUT2D eigenvalue weighted by Crippen LogP contribution is 2.29. The van der Waals surface area contributed by atoms with Crippen LogP contribution < -0.4 is 14.5 Å². The smallest absolute Gasteiger partial charge is 0.282 e. The van der Waals surface area contributed by atoms with Crippen molar-refractivity contribution in [2.75, 3.05) is 43.1 Å². The van der Waals surface area contributed by atoms with Gasteiger partial charge in [0.1, 0.15) is 11.3 Å². The largest absolute Gasteiger partial charge is 0.497 e. The number of methoxy groups -OCH3 is 1. The molecular weight excluding hydrogens is 481 g/mol. The Kier molecular flexibility index (Phi) is 5.78. The van der Waals surface area contributed by atoms with Gasteiger partial charge in [0.25, 0.3) is 10.0 Å². The highest BCUT2D eigenvalue weighted by molar-refractivity contribution is 7.89. The van der Waals surface area contributed by atoms with E-state index in [4.69, 9.17) is 16.3 Å². The molecule has 0 spiro atoms. The first-order chi connectivity index (χ1) is 16.4. The van der Waals surface area contributed by atoms with Gasteiger partial charge in [-0.2, -0.15) is 17.6 Å². The quantitative estimate of drug-likeness (QED) is 0.411. The third-order valence-corrected chi connectivity index (χ3v) is 7.56. The molecule has 0 amide bonds. The lowest BCUT2D eigenvalue weighted by Crippen LogP contribution is -2.47. The summed E-state index contributed by atoms with van der Waals surface area (Å²) in [7, 11) is -2.34. The molecule has 5 rings (SSSR count). The van der Waals surface area contributed by atoms with Gasteiger partial charge in [-0.1, -0.05) is 23.7 Å². The molecule has 0 saturated carbocycles. The van der Waals surface area contributed by atoms with Crippen molar-refractivity contribution < 1.29 is 17.5 Å². The first kappa shape index (κ1) is 22.4. The maximum Gasteiger partial charge on any atom is 0.282 e. The van der Waals surface area contributed by atoms with E-state index in [0.717, 1.165) is 9.77 Å². The lowest BCUT2D eigenvalue weighted by molar-refractivity contribution is 0.414. The molecule has 3 heterocycles. The number of pyridine rings is 1. The molecule has 2 aromatic carbocycles. The predicted octanol–water partition coefficient (Wildman–Crippen LogP) is 3.80. The van der Waals surface area contributed by atoms with Gasteiger partial charge in [-0.25, -0.2) is 9.37 Å². The first-order valence-electron chi connectivity index (χ1n) is 10.6. The van der Waals surface area contributed by atoms with Gasteiger partial charge in [-0.15, -0.1) is 0 Å². The van der Waals surface area contributed by atoms with Crippen LogP contribution in [0.4, 0.5) is 15.9 Å². The van der Waals surface area contributed by atoms with Gasteiger partial charge in [0, 0.05) is 37.8 Å². The van der Waals surface area contributed by atoms with E-state index in [-0.39, 0.29) is 15.7 Å². The van der Waals surface area contributed by atoms with E-state index in [2.05, 4.69) is 15.0 Å². The number of ether oxygens (including phenoxy) is 1. The molecule has 176 valence electrons. The molecule has 1 saturated heterocycles. The van der Waals surface area contributed by atoms with Crippen molar-refractivity contribution in [2.45, 2.75) is 4.90 Å². The number of nitrogens with zero attached hydrogens (tertiary/aromatic N) is 5. The van der Waals surface area contributed by atoms with E-state index in [9.17, 15) is 12.8 Å². The predicted molar refractivity (Wildman–Crippen MR) is 129 cm³/mol. The van der Waals surface area contributed by atoms with Gasteiger partial charge >= 0.3 is 0 Å². The Bertz CT molecular complexity index is 1450. The van der Waals surface area contributed by atoms with Gasteiger partial charge in [0.2, 0.25) is 0 Å². The molecule has 34 heavy (non-hydrogen) atoms. The Morgan fingerprint density at radius 3 is 2.41 bits per heavy atom. The monoisotopic (exact) mass is 501 g/mol. The molecule has 0 atom stereocenters. The van der Waals surface area contributed by atoms with Crippen LogP contribution in [0.5, 0.6) is 5.75 Å². The lowest BCUT2D eigenvalue weighted by Gasteiger charge is -2.36. The van der Waals surface area contributed by atoms with Crippen LogP contribution in [0.15, 0.2) is 65.8 Å². The van der Waals surface area contributed by atoms with Gasteiger partial charge in [0.15, 0.2) is 11.6 Å². The molecule has 0 bridgehead atoms. The number of hydrogen-bond acceptors (Lipinski definition) is 7. The minimum absolute atomic E-state index is 0.119. The number of fused-ring (bicyclic) bond motifs is 1. The molecule has 0 unspecified atom stereocenters. The summed E-state index contributed by atoms with van der Waals surface area (Å²) in [5, 5.41) is 5.40. The summed E-state index contributed by atoms with van der Waals surface area (Å²) in [5.74, 6) is 0.391. The second-order valence-electron chi connectivity index (χ2n) is 7.83. The molecule has 8 nitrogen and oxygen atoms in total. The highest BCUT2D eigenvalue weighted by atomic mass is 35.5. The van der Waals surface area contributed by atoms with Crippen LogP contribution in [0.3, 0.4) is 0 Å². The maximum atomic E-state index is 14.3. The summed E-state index contributed by atoms with van der Waals surface area (Å²) in [6.45, 7) is 2.29. The van der Waals surface area contributed by atoms with E-state index in [0.29, 0.717) is 42.8 Å². The number of benzene rings is 2. The maximum absolute atomic E-state index is 14.3. The van der Waals surface area contributed by atoms with Crippen LogP contribution >= 0.6 is 11.6 Å². The van der Waals surface area contributed by atoms with Crippen molar-refractivity contribution >= 4 is 44.0 Å². The fraction of sp³-hybridized carbons (Fsp3) is 0.217. The summed E-state index contributed by atoms with van der Waals surface area (Å²) >= 11 is 5.81. The van der Waals surface area contributed by atoms with E-state index in [1.165, 1.54) is 37.7 Å². The summed E-state index contributed by atoms with van der Waals surface area (Å²) in [5.41, 5.74) is 1.41. The van der Waals surface area contributed by atoms with Crippen molar-refractivity contribution in [3.8, 4) is 5.75 Å². The fourth-order valence-corrected chi connectivity index (χ4v) is 5.32. The zero-order chi connectivity index (χ0) is 23.9. The molecule has 2 aromatic heterocycles. The Balaban J connectivity index is 1.41. The molecule has 0 radical (unpaired) electrons. The van der Waals surface area contributed by atoms with E-state index < -0.39 is 15.8 Å². The number of rotatable bonds is 5. The zero-order valence-electron chi connectivity index (χ0n) is 18.2. The third-order valence-electron chi connectivity index (χ3n) is 5.81. The Morgan fingerprint density at radius 2 is 1.74 bits per heavy atom. The molecule has 0 N–H and O–H groups in total. The van der Waals surface area contributed by atoms with Crippen molar-refractivity contribution in [2.24, 2.45) is 0 Å². The summed E-state index contributed by atoms with van der Waals surface area (Å²) in [4.78, 5) is 8.23. The van der Waals surface area contributed by atoms with Crippen LogP contribution in [-0.4, -0.2) is 55.9 Å². The van der Waals surface area contributed by atoms with Gasteiger partial charge in [-0.05, 0) is 36.4 Å². The highest BCUT2D eigenvalue weighted by Gasteiger charge is 2.24. The number of piperazine rings is 1. The van der Waals surface area contributed by atoms with Crippen molar-refractivity contribution in [3.63, 3.8) is 0 Å². The second-order valence-corrected chi connectivity index (χ2v) is 10.1. The number of hydrogen-bond donors (Lipinski definition) is 0. The Hall–Kier alpha value is -3.37. The number of halogens is 2. The van der Waals surface area contributed by atoms with Gasteiger partial charge in [0.05, 0.1) is 28.9 Å². The zero-order valence-corrected chi connectivity index (χ0v) is 19.8. The summed E-state index contributed by atoms with van der Waals surface area (Å²) in [6.07, 6.45) is 2.95. The number of aromatic nitrogens is 3. The SMILES string of the molecule is COc1ccc(S(=O)(=O)n2cc3cccc(N4CCN(c5ncc(Cl)cc5F)CC4)c3n2)cc1. The van der Waals surface area contributed by atoms with Crippen molar-refractivity contribution in [3.05, 3.63) is 71.8 Å². The second kappa shape index (κ2) is 8.77. The Morgan fingerprint density at radius 1 is 1.03 bits per heavy atom. The van der Waals surface area contributed by atoms with Crippen LogP contribution in [0.1, 0.15) is 0 Å². The van der Waals surface area contributed by atoms with Crippen LogP contribution in [0, 0.1) is 5.82 Å². The average Bonchev–Trinajstić information content (AvgIpc) is 3.30. The molecule has 0 aliphatic carbocycles. The summed E-state index contributed by atoms with van der Waals surface area (Å²) in [6, 6.07) is 13.0. The molecular formula is C23H21ClFN5O3S. The first-order valence-corrected chi connectivity index (χ1v) is 12.4. The topological polar surface area (TPSA) is 80.6 Å². The average molecular weight is 502 g/mol.